The van der Waals surface area contributed by atoms with Gasteiger partial charge in [0.1, 0.15) is 5.78 Å². The van der Waals surface area contributed by atoms with Gasteiger partial charge in [-0.1, -0.05) is 18.2 Å². The first-order valence-corrected chi connectivity index (χ1v) is 6.08. The number of para-hydroxylation sites is 1. The van der Waals surface area contributed by atoms with Crippen LogP contribution in [-0.2, 0) is 11.2 Å². The number of carbonyl (C=O) groups is 1. The fraction of sp³-hybridized carbons (Fsp3) is 0.357. The minimum Gasteiger partial charge on any atom is -0.357 e. The Morgan fingerprint density at radius 3 is 3.06 bits per heavy atom. The van der Waals surface area contributed by atoms with E-state index in [-0.39, 0.29) is 11.8 Å². The molecule has 2 heterocycles. The molecule has 0 spiro atoms. The Kier molecular flexibility index (Phi) is 2.48. The summed E-state index contributed by atoms with van der Waals surface area (Å²) in [5.41, 5.74) is 3.76. The van der Waals surface area contributed by atoms with E-state index in [0.29, 0.717) is 6.42 Å². The molecule has 0 saturated heterocycles. The van der Waals surface area contributed by atoms with E-state index in [4.69, 9.17) is 0 Å². The van der Waals surface area contributed by atoms with Crippen molar-refractivity contribution < 1.29 is 4.79 Å². The highest BCUT2D eigenvalue weighted by Crippen LogP contribution is 2.31. The SMILES string of the molecule is CC(=O)C[C@@H]1NCCc2c1[nH]c1ccccc21. The van der Waals surface area contributed by atoms with Gasteiger partial charge in [0.2, 0.25) is 0 Å². The Hall–Kier alpha value is -1.61. The maximum atomic E-state index is 11.3. The minimum atomic E-state index is 0.156. The summed E-state index contributed by atoms with van der Waals surface area (Å²) in [7, 11) is 0. The van der Waals surface area contributed by atoms with E-state index in [0.717, 1.165) is 13.0 Å². The third-order valence-corrected chi connectivity index (χ3v) is 3.45. The molecular formula is C14H16N2O. The van der Waals surface area contributed by atoms with Crippen molar-refractivity contribution >= 4 is 16.7 Å². The van der Waals surface area contributed by atoms with Crippen LogP contribution in [0, 0.1) is 0 Å². The lowest BCUT2D eigenvalue weighted by atomic mass is 9.96. The maximum Gasteiger partial charge on any atom is 0.131 e. The second-order valence-corrected chi connectivity index (χ2v) is 4.73. The molecule has 1 aromatic carbocycles. The fourth-order valence-electron chi connectivity index (χ4n) is 2.72. The number of carbonyl (C=O) groups excluding carboxylic acids is 1. The van der Waals surface area contributed by atoms with E-state index in [1.165, 1.54) is 22.2 Å². The molecular weight excluding hydrogens is 212 g/mol. The first kappa shape index (κ1) is 10.5. The molecule has 3 rings (SSSR count). The minimum absolute atomic E-state index is 0.156. The van der Waals surface area contributed by atoms with Gasteiger partial charge in [0.15, 0.2) is 0 Å². The third-order valence-electron chi connectivity index (χ3n) is 3.45. The normalized spacial score (nSPS) is 19.2. The van der Waals surface area contributed by atoms with Crippen LogP contribution < -0.4 is 5.32 Å². The number of aromatic nitrogens is 1. The summed E-state index contributed by atoms with van der Waals surface area (Å²) in [5, 5.41) is 4.72. The van der Waals surface area contributed by atoms with Crippen molar-refractivity contribution in [3.8, 4) is 0 Å². The van der Waals surface area contributed by atoms with Gasteiger partial charge in [-0.2, -0.15) is 0 Å². The molecule has 1 atom stereocenters. The average molecular weight is 228 g/mol. The number of benzene rings is 1. The molecule has 2 aromatic rings. The van der Waals surface area contributed by atoms with E-state index in [9.17, 15) is 4.79 Å². The van der Waals surface area contributed by atoms with Gasteiger partial charge < -0.3 is 10.3 Å². The monoisotopic (exact) mass is 228 g/mol. The summed E-state index contributed by atoms with van der Waals surface area (Å²) < 4.78 is 0. The predicted octanol–water partition coefficient (Wildman–Crippen LogP) is 2.33. The highest BCUT2D eigenvalue weighted by molar-refractivity contribution is 5.85. The zero-order chi connectivity index (χ0) is 11.8. The van der Waals surface area contributed by atoms with E-state index < -0.39 is 0 Å². The lowest BCUT2D eigenvalue weighted by Crippen LogP contribution is -2.30. The molecule has 3 nitrogen and oxygen atoms in total. The number of ketones is 1. The van der Waals surface area contributed by atoms with Crippen LogP contribution in [0.15, 0.2) is 24.3 Å². The van der Waals surface area contributed by atoms with Crippen LogP contribution in [0.25, 0.3) is 10.9 Å². The number of nitrogens with one attached hydrogen (secondary N) is 2. The smallest absolute Gasteiger partial charge is 0.131 e. The summed E-state index contributed by atoms with van der Waals surface area (Å²) in [6.07, 6.45) is 1.60. The summed E-state index contributed by atoms with van der Waals surface area (Å²) in [4.78, 5) is 14.7. The molecule has 0 bridgehead atoms. The second-order valence-electron chi connectivity index (χ2n) is 4.73. The van der Waals surface area contributed by atoms with E-state index >= 15 is 0 Å². The lowest BCUT2D eigenvalue weighted by molar-refractivity contribution is -0.117. The second kappa shape index (κ2) is 4.00. The highest BCUT2D eigenvalue weighted by atomic mass is 16.1. The van der Waals surface area contributed by atoms with Gasteiger partial charge in [0.25, 0.3) is 0 Å². The number of hydrogen-bond acceptors (Lipinski definition) is 2. The third kappa shape index (κ3) is 1.76. The highest BCUT2D eigenvalue weighted by Gasteiger charge is 2.24. The fourth-order valence-corrected chi connectivity index (χ4v) is 2.72. The van der Waals surface area contributed by atoms with Crippen molar-refractivity contribution in [2.24, 2.45) is 0 Å². The van der Waals surface area contributed by atoms with Crippen LogP contribution in [0.2, 0.25) is 0 Å². The summed E-state index contributed by atoms with van der Waals surface area (Å²) >= 11 is 0. The molecule has 1 aliphatic rings. The number of Topliss-reactive ketones (excluding diaryl/α,β-unsaturated/α-hetero) is 1. The van der Waals surface area contributed by atoms with Crippen molar-refractivity contribution in [1.82, 2.24) is 10.3 Å². The molecule has 1 aliphatic heterocycles. The molecule has 3 heteroatoms. The van der Waals surface area contributed by atoms with Crippen molar-refractivity contribution in [2.75, 3.05) is 6.54 Å². The van der Waals surface area contributed by atoms with Gasteiger partial charge in [-0.05, 0) is 31.5 Å². The van der Waals surface area contributed by atoms with Crippen molar-refractivity contribution in [3.63, 3.8) is 0 Å². The Labute approximate surface area is 100 Å². The molecule has 0 amide bonds. The predicted molar refractivity (Wildman–Crippen MR) is 68.0 cm³/mol. The molecule has 1 aromatic heterocycles. The van der Waals surface area contributed by atoms with Crippen molar-refractivity contribution in [3.05, 3.63) is 35.5 Å². The van der Waals surface area contributed by atoms with Crippen LogP contribution in [0.3, 0.4) is 0 Å². The largest absolute Gasteiger partial charge is 0.357 e. The van der Waals surface area contributed by atoms with Crippen LogP contribution in [-0.4, -0.2) is 17.3 Å². The van der Waals surface area contributed by atoms with Gasteiger partial charge in [-0.3, -0.25) is 4.79 Å². The summed E-state index contributed by atoms with van der Waals surface area (Å²) in [5.74, 6) is 0.231. The molecule has 0 fully saturated rings. The van der Waals surface area contributed by atoms with E-state index in [1.54, 1.807) is 6.92 Å². The molecule has 0 saturated carbocycles. The summed E-state index contributed by atoms with van der Waals surface area (Å²) in [6, 6.07) is 8.51. The van der Waals surface area contributed by atoms with Crippen LogP contribution in [0.5, 0.6) is 0 Å². The van der Waals surface area contributed by atoms with Crippen LogP contribution >= 0.6 is 0 Å². The van der Waals surface area contributed by atoms with Gasteiger partial charge in [-0.25, -0.2) is 0 Å². The number of hydrogen-bond donors (Lipinski definition) is 2. The molecule has 88 valence electrons. The number of fused-ring (bicyclic) bond motifs is 3. The number of H-pyrrole nitrogens is 1. The average Bonchev–Trinajstić information content (AvgIpc) is 2.68. The standard InChI is InChI=1S/C14H16N2O/c1-9(17)8-13-14-11(6-7-15-13)10-4-2-3-5-12(10)16-14/h2-5,13,15-16H,6-8H2,1H3/t13-/m0/s1. The van der Waals surface area contributed by atoms with Crippen LogP contribution in [0.1, 0.15) is 30.6 Å². The van der Waals surface area contributed by atoms with Gasteiger partial charge in [0, 0.05) is 23.0 Å². The topological polar surface area (TPSA) is 44.9 Å². The molecule has 2 N–H and O–H groups in total. The zero-order valence-corrected chi connectivity index (χ0v) is 9.92. The van der Waals surface area contributed by atoms with Gasteiger partial charge in [-0.15, -0.1) is 0 Å². The van der Waals surface area contributed by atoms with Crippen molar-refractivity contribution in [1.29, 1.82) is 0 Å². The number of rotatable bonds is 2. The molecule has 0 unspecified atom stereocenters. The van der Waals surface area contributed by atoms with E-state index in [2.05, 4.69) is 28.5 Å². The molecule has 17 heavy (non-hydrogen) atoms. The zero-order valence-electron chi connectivity index (χ0n) is 9.92. The molecule has 0 aliphatic carbocycles. The van der Waals surface area contributed by atoms with E-state index in [1.807, 2.05) is 6.07 Å². The Morgan fingerprint density at radius 1 is 1.41 bits per heavy atom. The van der Waals surface area contributed by atoms with Gasteiger partial charge in [0.05, 0.1) is 6.04 Å². The van der Waals surface area contributed by atoms with Crippen molar-refractivity contribution in [2.45, 2.75) is 25.8 Å². The quantitative estimate of drug-likeness (QED) is 0.828. The van der Waals surface area contributed by atoms with Crippen LogP contribution in [0.4, 0.5) is 0 Å². The maximum absolute atomic E-state index is 11.3. The summed E-state index contributed by atoms with van der Waals surface area (Å²) in [6.45, 7) is 2.60. The molecule has 0 radical (unpaired) electrons. The Bertz CT molecular complexity index is 571. The Balaban J connectivity index is 2.10. The number of aromatic amines is 1. The first-order valence-electron chi connectivity index (χ1n) is 6.08. The first-order chi connectivity index (χ1) is 8.25. The lowest BCUT2D eigenvalue weighted by Gasteiger charge is -2.23. The Morgan fingerprint density at radius 2 is 2.24 bits per heavy atom. The van der Waals surface area contributed by atoms with Gasteiger partial charge >= 0.3 is 0 Å².